The Bertz CT molecular complexity index is 371. The summed E-state index contributed by atoms with van der Waals surface area (Å²) in [5.74, 6) is 14.4. The van der Waals surface area contributed by atoms with Crippen LogP contribution in [-0.2, 0) is 26.2 Å². The first-order valence-corrected chi connectivity index (χ1v) is 21.5. The van der Waals surface area contributed by atoms with E-state index in [1.165, 1.54) is 8.81 Å². The third kappa shape index (κ3) is 7.48. The molecule has 0 heterocycles. The Hall–Kier alpha value is 0.929. The topological polar surface area (TPSA) is 0 Å². The van der Waals surface area contributed by atoms with Gasteiger partial charge in [-0.2, -0.15) is 0 Å². The number of hydrogen-bond acceptors (Lipinski definition) is 0. The summed E-state index contributed by atoms with van der Waals surface area (Å²) < 4.78 is 3.07. The van der Waals surface area contributed by atoms with Gasteiger partial charge in [-0.1, -0.05) is 0 Å². The molecule has 0 aliphatic heterocycles. The van der Waals surface area contributed by atoms with Crippen LogP contribution in [0, 0.1) is 12.2 Å². The molecule has 0 aromatic carbocycles. The Morgan fingerprint density at radius 3 is 1.21 bits per heavy atom. The van der Waals surface area contributed by atoms with Crippen molar-refractivity contribution in [3.05, 3.63) is 45.3 Å². The van der Waals surface area contributed by atoms with Crippen molar-refractivity contribution in [2.24, 2.45) is 0 Å². The first kappa shape index (κ1) is 19.9. The third-order valence-corrected chi connectivity index (χ3v) is 11.2. The summed E-state index contributed by atoms with van der Waals surface area (Å²) in [5.41, 5.74) is 0. The first-order valence-electron chi connectivity index (χ1n) is 6.77. The first-order chi connectivity index (χ1) is 8.21. The molecule has 19 heavy (non-hydrogen) atoms. The van der Waals surface area contributed by atoms with E-state index in [9.17, 15) is 0 Å². The molecular weight excluding hydrogens is 429 g/mol. The van der Waals surface area contributed by atoms with Gasteiger partial charge in [0.05, 0.1) is 0 Å². The Morgan fingerprint density at radius 2 is 1.11 bits per heavy atom. The molecule has 0 spiro atoms. The molecule has 0 amide bonds. The predicted octanol–water partition coefficient (Wildman–Crippen LogP) is 5.33. The standard InChI is InChI=1S/2C8H13Ge.Zr.2H/c2*1-9(2,3)8-6-4-5-7-8;;;/h2*4,6H,5H2,1-3H3;;;/q2*-1;+2;2*-1. The minimum absolute atomic E-state index is 0. The molecule has 0 bridgehead atoms. The molecule has 0 nitrogen and oxygen atoms in total. The van der Waals surface area contributed by atoms with Crippen molar-refractivity contribution in [1.82, 2.24) is 0 Å². The third-order valence-electron chi connectivity index (χ3n) is 3.01. The summed E-state index contributed by atoms with van der Waals surface area (Å²) in [6.07, 6.45) is 17.8. The summed E-state index contributed by atoms with van der Waals surface area (Å²) in [6.45, 7) is 0. The van der Waals surface area contributed by atoms with Crippen LogP contribution in [0.15, 0.2) is 33.1 Å². The van der Waals surface area contributed by atoms with Crippen LogP contribution in [0.5, 0.6) is 0 Å². The fraction of sp³-hybridized carbons (Fsp3) is 0.500. The second-order valence-corrected chi connectivity index (χ2v) is 28.0. The van der Waals surface area contributed by atoms with Crippen LogP contribution in [-0.4, -0.2) is 26.5 Å². The average Bonchev–Trinajstić information content (AvgIpc) is 2.91. The van der Waals surface area contributed by atoms with Gasteiger partial charge in [0.1, 0.15) is 0 Å². The Labute approximate surface area is 147 Å². The van der Waals surface area contributed by atoms with E-state index in [0.717, 1.165) is 12.8 Å². The number of allylic oxidation sites excluding steroid dienone is 8. The number of rotatable bonds is 2. The molecule has 0 saturated heterocycles. The molecule has 0 unspecified atom stereocenters. The molecular formula is C16H28Ge2Zr-2. The maximum absolute atomic E-state index is 3.39. The van der Waals surface area contributed by atoms with Crippen molar-refractivity contribution in [1.29, 1.82) is 0 Å². The molecule has 0 aromatic heterocycles. The van der Waals surface area contributed by atoms with Crippen LogP contribution >= 0.6 is 0 Å². The van der Waals surface area contributed by atoms with E-state index in [1.54, 1.807) is 0 Å². The summed E-state index contributed by atoms with van der Waals surface area (Å²) in [5, 5.41) is 0. The molecule has 0 N–H and O–H groups in total. The molecule has 0 atom stereocenters. The minimum atomic E-state index is -1.46. The Morgan fingerprint density at radius 1 is 0.789 bits per heavy atom. The van der Waals surface area contributed by atoms with Crippen LogP contribution in [0.4, 0.5) is 0 Å². The SMILES string of the molecule is [CH3][Ge]([CH3])([CH3])[C]1=[C-]CC=C1.[CH3][Ge]([CH3])([CH3])[C]1=[C-]CC=C1.[H-].[H-].[Zr+2]. The summed E-state index contributed by atoms with van der Waals surface area (Å²) in [4.78, 5) is 0. The quantitative estimate of drug-likeness (QED) is 0.389. The van der Waals surface area contributed by atoms with Gasteiger partial charge in [-0.3, -0.25) is 0 Å². The van der Waals surface area contributed by atoms with Gasteiger partial charge < -0.3 is 2.85 Å². The smallest absolute Gasteiger partial charge is 1.00 e. The van der Waals surface area contributed by atoms with Crippen LogP contribution < -0.4 is 0 Å². The molecule has 0 fully saturated rings. The fourth-order valence-corrected chi connectivity index (χ4v) is 7.09. The summed E-state index contributed by atoms with van der Waals surface area (Å²) >= 11 is -2.92. The van der Waals surface area contributed by atoms with E-state index in [1.807, 2.05) is 0 Å². The summed E-state index contributed by atoms with van der Waals surface area (Å²) in [6, 6.07) is 0. The second kappa shape index (κ2) is 8.39. The van der Waals surface area contributed by atoms with Gasteiger partial charge in [0.2, 0.25) is 0 Å². The molecule has 2 aliphatic carbocycles. The molecule has 0 radical (unpaired) electrons. The predicted molar refractivity (Wildman–Crippen MR) is 89.9 cm³/mol. The van der Waals surface area contributed by atoms with E-state index in [-0.39, 0.29) is 29.1 Å². The summed E-state index contributed by atoms with van der Waals surface area (Å²) in [7, 11) is 0. The van der Waals surface area contributed by atoms with Gasteiger partial charge in [0.15, 0.2) is 0 Å². The zero-order chi connectivity index (χ0) is 13.8. The van der Waals surface area contributed by atoms with Crippen molar-refractivity contribution < 1.29 is 29.1 Å². The van der Waals surface area contributed by atoms with Crippen molar-refractivity contribution in [3.8, 4) is 0 Å². The Balaban J connectivity index is -0.000000270. The largest absolute Gasteiger partial charge is 2.00 e. The van der Waals surface area contributed by atoms with Crippen molar-refractivity contribution in [2.45, 2.75) is 47.4 Å². The van der Waals surface area contributed by atoms with Crippen LogP contribution in [0.25, 0.3) is 0 Å². The average molecular weight is 457 g/mol. The van der Waals surface area contributed by atoms with E-state index < -0.39 is 26.5 Å². The van der Waals surface area contributed by atoms with E-state index in [4.69, 9.17) is 0 Å². The van der Waals surface area contributed by atoms with Crippen molar-refractivity contribution in [2.75, 3.05) is 0 Å². The van der Waals surface area contributed by atoms with Gasteiger partial charge >= 0.3 is 145 Å². The van der Waals surface area contributed by atoms with Crippen molar-refractivity contribution in [3.63, 3.8) is 0 Å². The van der Waals surface area contributed by atoms with Crippen LogP contribution in [0.2, 0.25) is 34.5 Å². The van der Waals surface area contributed by atoms with Gasteiger partial charge in [-0.15, -0.1) is 0 Å². The van der Waals surface area contributed by atoms with Crippen LogP contribution in [0.1, 0.15) is 15.7 Å². The molecule has 3 heteroatoms. The zero-order valence-electron chi connectivity index (χ0n) is 15.2. The second-order valence-electron chi connectivity index (χ2n) is 6.89. The normalized spacial score (nSPS) is 17.4. The maximum Gasteiger partial charge on any atom is 2.00 e. The van der Waals surface area contributed by atoms with Crippen LogP contribution in [0.3, 0.4) is 0 Å². The molecule has 2 rings (SSSR count). The molecule has 2 aliphatic rings. The Kier molecular flexibility index (Phi) is 8.80. The van der Waals surface area contributed by atoms with Gasteiger partial charge in [-0.05, 0) is 0 Å². The van der Waals surface area contributed by atoms with Gasteiger partial charge in [-0.25, -0.2) is 0 Å². The van der Waals surface area contributed by atoms with E-state index >= 15 is 0 Å². The van der Waals surface area contributed by atoms with Crippen molar-refractivity contribution >= 4 is 26.5 Å². The molecule has 0 aromatic rings. The monoisotopic (exact) mass is 458 g/mol. The van der Waals surface area contributed by atoms with E-state index in [2.05, 4.69) is 71.0 Å². The maximum atomic E-state index is 3.39. The molecule has 0 saturated carbocycles. The fourth-order valence-electron chi connectivity index (χ4n) is 1.84. The van der Waals surface area contributed by atoms with E-state index in [0.29, 0.717) is 0 Å². The minimum Gasteiger partial charge on any atom is -1.00 e. The van der Waals surface area contributed by atoms with Gasteiger partial charge in [0, 0.05) is 0 Å². The zero-order valence-corrected chi connectivity index (χ0v) is 19.9. The molecule has 106 valence electrons. The number of hydrogen-bond donors (Lipinski definition) is 0. The van der Waals surface area contributed by atoms with Gasteiger partial charge in [0.25, 0.3) is 0 Å².